The number of aryl methyl sites for hydroxylation is 1. The van der Waals surface area contributed by atoms with Gasteiger partial charge in [0.25, 0.3) is 5.91 Å². The Kier molecular flexibility index (Phi) is 9.14. The molecule has 2 aliphatic heterocycles. The molecule has 0 spiro atoms. The van der Waals surface area contributed by atoms with E-state index in [9.17, 15) is 14.7 Å². The first-order valence-corrected chi connectivity index (χ1v) is 14.6. The average molecular weight is 567 g/mol. The van der Waals surface area contributed by atoms with Gasteiger partial charge in [-0.3, -0.25) is 4.79 Å². The molecule has 8 heteroatoms. The number of hydrogen-bond acceptors (Lipinski definition) is 6. The number of carbonyl (C=O) groups is 2. The first-order valence-electron chi connectivity index (χ1n) is 14.6. The van der Waals surface area contributed by atoms with E-state index in [1.165, 1.54) is 0 Å². The first kappa shape index (κ1) is 31.0. The lowest BCUT2D eigenvalue weighted by Crippen LogP contribution is -2.51. The molecule has 0 radical (unpaired) electrons. The predicted molar refractivity (Wildman–Crippen MR) is 157 cm³/mol. The number of likely N-dealkylation sites (tertiary alicyclic amines) is 1. The molecule has 2 saturated heterocycles. The second kappa shape index (κ2) is 12.1. The predicted octanol–water partition coefficient (Wildman–Crippen LogP) is 5.85. The molecule has 2 aliphatic rings. The molecule has 0 aliphatic carbocycles. The van der Waals surface area contributed by atoms with E-state index in [1.807, 2.05) is 64.1 Å². The SMILES string of the molecule is COc1nc(C(C)(C)C)ccc1CO[C@H]1[C@H](C(C)(C)C)[C@@H](C(=O)O)N(C(=O)[C@@H]2CCCCO2)[C@H]1c1ccccc1C. The molecule has 4 rings (SSSR count). The van der Waals surface area contributed by atoms with Gasteiger partial charge >= 0.3 is 5.97 Å². The molecule has 0 saturated carbocycles. The Balaban J connectivity index is 1.81. The largest absolute Gasteiger partial charge is 0.481 e. The van der Waals surface area contributed by atoms with Crippen molar-refractivity contribution < 1.29 is 28.9 Å². The summed E-state index contributed by atoms with van der Waals surface area (Å²) in [6.45, 7) is 15.0. The lowest BCUT2D eigenvalue weighted by atomic mass is 9.73. The van der Waals surface area contributed by atoms with Crippen molar-refractivity contribution in [1.29, 1.82) is 0 Å². The highest BCUT2D eigenvalue weighted by Gasteiger charge is 2.59. The maximum atomic E-state index is 14.2. The number of rotatable bonds is 7. The van der Waals surface area contributed by atoms with Crippen molar-refractivity contribution in [3.63, 3.8) is 0 Å². The Morgan fingerprint density at radius 2 is 1.78 bits per heavy atom. The number of aromatic nitrogens is 1. The van der Waals surface area contributed by atoms with Crippen molar-refractivity contribution in [1.82, 2.24) is 9.88 Å². The number of ether oxygens (including phenoxy) is 3. The van der Waals surface area contributed by atoms with Gasteiger partial charge in [0.2, 0.25) is 5.88 Å². The number of nitrogens with zero attached hydrogens (tertiary/aromatic N) is 2. The van der Waals surface area contributed by atoms with Crippen molar-refractivity contribution in [2.24, 2.45) is 11.3 Å². The highest BCUT2D eigenvalue weighted by molar-refractivity contribution is 5.88. The van der Waals surface area contributed by atoms with Gasteiger partial charge in [0.05, 0.1) is 25.9 Å². The fourth-order valence-electron chi connectivity index (χ4n) is 6.30. The van der Waals surface area contributed by atoms with E-state index in [0.29, 0.717) is 18.9 Å². The van der Waals surface area contributed by atoms with Gasteiger partial charge in [-0.2, -0.15) is 0 Å². The quantitative estimate of drug-likeness (QED) is 0.449. The molecule has 41 heavy (non-hydrogen) atoms. The monoisotopic (exact) mass is 566 g/mol. The summed E-state index contributed by atoms with van der Waals surface area (Å²) in [5, 5.41) is 10.7. The normalized spacial score (nSPS) is 25.3. The molecule has 224 valence electrons. The van der Waals surface area contributed by atoms with Crippen molar-refractivity contribution >= 4 is 11.9 Å². The molecular formula is C33H46N2O6. The number of carbonyl (C=O) groups excluding carboxylic acids is 1. The number of benzene rings is 1. The molecule has 0 bridgehead atoms. The molecule has 2 aromatic rings. The number of amides is 1. The molecule has 1 aromatic heterocycles. The van der Waals surface area contributed by atoms with Crippen LogP contribution < -0.4 is 4.74 Å². The topological polar surface area (TPSA) is 98.2 Å². The van der Waals surface area contributed by atoms with Crippen LogP contribution in [0.5, 0.6) is 5.88 Å². The van der Waals surface area contributed by atoms with Crippen molar-refractivity contribution in [3.05, 3.63) is 58.8 Å². The molecule has 1 N–H and O–H groups in total. The molecule has 8 nitrogen and oxygen atoms in total. The summed E-state index contributed by atoms with van der Waals surface area (Å²) < 4.78 is 18.3. The van der Waals surface area contributed by atoms with E-state index in [0.717, 1.165) is 35.2 Å². The summed E-state index contributed by atoms with van der Waals surface area (Å²) in [7, 11) is 1.59. The highest BCUT2D eigenvalue weighted by Crippen LogP contribution is 2.51. The Hall–Kier alpha value is -2.97. The zero-order chi connectivity index (χ0) is 30.1. The third-order valence-corrected chi connectivity index (χ3v) is 8.41. The van der Waals surface area contributed by atoms with Crippen molar-refractivity contribution in [3.8, 4) is 5.88 Å². The zero-order valence-electron chi connectivity index (χ0n) is 25.8. The van der Waals surface area contributed by atoms with Gasteiger partial charge in [-0.05, 0) is 54.9 Å². The number of pyridine rings is 1. The minimum absolute atomic E-state index is 0.151. The van der Waals surface area contributed by atoms with Crippen LogP contribution >= 0.6 is 0 Å². The van der Waals surface area contributed by atoms with E-state index in [4.69, 9.17) is 19.2 Å². The summed E-state index contributed by atoms with van der Waals surface area (Å²) in [5.41, 5.74) is 2.88. The Morgan fingerprint density at radius 1 is 1.07 bits per heavy atom. The van der Waals surface area contributed by atoms with E-state index >= 15 is 0 Å². The molecular weight excluding hydrogens is 520 g/mol. The summed E-state index contributed by atoms with van der Waals surface area (Å²) in [6, 6.07) is 10.1. The summed E-state index contributed by atoms with van der Waals surface area (Å²) in [6.07, 6.45) is 1.09. The molecule has 5 atom stereocenters. The van der Waals surface area contributed by atoms with E-state index in [1.54, 1.807) is 12.0 Å². The van der Waals surface area contributed by atoms with Gasteiger partial charge in [-0.25, -0.2) is 9.78 Å². The lowest BCUT2D eigenvalue weighted by Gasteiger charge is -2.35. The number of carboxylic acid groups (broad SMARTS) is 1. The fourth-order valence-corrected chi connectivity index (χ4v) is 6.30. The fraction of sp³-hybridized carbons (Fsp3) is 0.606. The average Bonchev–Trinajstić information content (AvgIpc) is 3.27. The Morgan fingerprint density at radius 3 is 2.34 bits per heavy atom. The van der Waals surface area contributed by atoms with Crippen LogP contribution in [0, 0.1) is 18.3 Å². The Labute approximate surface area is 244 Å². The lowest BCUT2D eigenvalue weighted by molar-refractivity contribution is -0.159. The van der Waals surface area contributed by atoms with Crippen LogP contribution in [0.25, 0.3) is 0 Å². The van der Waals surface area contributed by atoms with Crippen LogP contribution in [0.15, 0.2) is 36.4 Å². The standard InChI is InChI=1S/C33H46N2O6/c1-20-13-9-10-14-22(20)26-28(41-19-21-16-17-24(32(2,3)4)34-29(21)39-8)25(33(5,6)7)27(31(37)38)35(26)30(36)23-15-11-12-18-40-23/h9-10,13-14,16-17,23,25-28H,11-12,15,18-19H2,1-8H3,(H,37,38)/t23-,25+,26-,27-,28-/m0/s1. The molecule has 3 heterocycles. The first-order chi connectivity index (χ1) is 19.3. The minimum Gasteiger partial charge on any atom is -0.481 e. The zero-order valence-corrected chi connectivity index (χ0v) is 25.8. The van der Waals surface area contributed by atoms with Gasteiger partial charge in [0.15, 0.2) is 0 Å². The van der Waals surface area contributed by atoms with E-state index < -0.39 is 41.6 Å². The summed E-state index contributed by atoms with van der Waals surface area (Å²) in [5.74, 6) is -1.33. The van der Waals surface area contributed by atoms with Crippen LogP contribution in [0.1, 0.15) is 89.2 Å². The second-order valence-corrected chi connectivity index (χ2v) is 13.5. The summed E-state index contributed by atoms with van der Waals surface area (Å²) >= 11 is 0. The maximum absolute atomic E-state index is 14.2. The van der Waals surface area contributed by atoms with E-state index in [-0.39, 0.29) is 17.9 Å². The van der Waals surface area contributed by atoms with E-state index in [2.05, 4.69) is 20.8 Å². The van der Waals surface area contributed by atoms with Gasteiger partial charge in [0, 0.05) is 29.2 Å². The maximum Gasteiger partial charge on any atom is 0.326 e. The van der Waals surface area contributed by atoms with Crippen LogP contribution in [0.4, 0.5) is 0 Å². The van der Waals surface area contributed by atoms with Crippen molar-refractivity contribution in [2.45, 2.75) is 104 Å². The van der Waals surface area contributed by atoms with Crippen molar-refractivity contribution in [2.75, 3.05) is 13.7 Å². The molecule has 1 aromatic carbocycles. The highest BCUT2D eigenvalue weighted by atomic mass is 16.5. The number of methoxy groups -OCH3 is 1. The number of carboxylic acids is 1. The van der Waals surface area contributed by atoms with Crippen LogP contribution in [-0.2, 0) is 31.1 Å². The number of hydrogen-bond donors (Lipinski definition) is 1. The Bertz CT molecular complexity index is 1240. The molecule has 0 unspecified atom stereocenters. The van der Waals surface area contributed by atoms with Crippen LogP contribution in [-0.4, -0.2) is 58.8 Å². The minimum atomic E-state index is -1.08. The summed E-state index contributed by atoms with van der Waals surface area (Å²) in [4.78, 5) is 33.5. The molecule has 2 fully saturated rings. The smallest absolute Gasteiger partial charge is 0.326 e. The molecule has 1 amide bonds. The van der Waals surface area contributed by atoms with Gasteiger partial charge in [-0.1, -0.05) is 65.8 Å². The van der Waals surface area contributed by atoms with Crippen LogP contribution in [0.3, 0.4) is 0 Å². The van der Waals surface area contributed by atoms with Gasteiger partial charge in [0.1, 0.15) is 12.1 Å². The second-order valence-electron chi connectivity index (χ2n) is 13.5. The van der Waals surface area contributed by atoms with Crippen LogP contribution in [0.2, 0.25) is 0 Å². The third-order valence-electron chi connectivity index (χ3n) is 8.41. The number of aliphatic carboxylic acids is 1. The van der Waals surface area contributed by atoms with Gasteiger partial charge < -0.3 is 24.2 Å². The third kappa shape index (κ3) is 6.44. The van der Waals surface area contributed by atoms with Gasteiger partial charge in [-0.15, -0.1) is 0 Å².